The first-order chi connectivity index (χ1) is 8.63. The van der Waals surface area contributed by atoms with Gasteiger partial charge in [0.15, 0.2) is 0 Å². The maximum Gasteiger partial charge on any atom is 0.310 e. The Balaban J connectivity index is 1.94. The van der Waals surface area contributed by atoms with Crippen LogP contribution in [0.1, 0.15) is 24.5 Å². The zero-order valence-electron chi connectivity index (χ0n) is 11.2. The number of thiazole rings is 1. The van der Waals surface area contributed by atoms with Gasteiger partial charge in [0.25, 0.3) is 0 Å². The van der Waals surface area contributed by atoms with Crippen LogP contribution in [0.25, 0.3) is 0 Å². The number of carbonyl (C=O) groups excluding carboxylic acids is 1. The second-order valence-electron chi connectivity index (χ2n) is 4.89. The van der Waals surface area contributed by atoms with Gasteiger partial charge in [-0.3, -0.25) is 9.69 Å². The van der Waals surface area contributed by atoms with E-state index in [0.29, 0.717) is 5.92 Å². The Morgan fingerprint density at radius 1 is 1.61 bits per heavy atom. The summed E-state index contributed by atoms with van der Waals surface area (Å²) in [6.07, 6.45) is 0.992. The summed E-state index contributed by atoms with van der Waals surface area (Å²) in [5, 5.41) is 3.30. The number of esters is 1. The predicted molar refractivity (Wildman–Crippen MR) is 71.4 cm³/mol. The van der Waals surface area contributed by atoms with Gasteiger partial charge in [-0.15, -0.1) is 11.3 Å². The lowest BCUT2D eigenvalue weighted by atomic mass is 9.99. The van der Waals surface area contributed by atoms with Crippen molar-refractivity contribution in [2.24, 2.45) is 11.8 Å². The van der Waals surface area contributed by atoms with E-state index in [4.69, 9.17) is 4.74 Å². The quantitative estimate of drug-likeness (QED) is 0.783. The van der Waals surface area contributed by atoms with E-state index >= 15 is 0 Å². The summed E-state index contributed by atoms with van der Waals surface area (Å²) in [4.78, 5) is 18.5. The van der Waals surface area contributed by atoms with E-state index in [1.165, 1.54) is 12.1 Å². The van der Waals surface area contributed by atoms with Crippen molar-refractivity contribution in [3.63, 3.8) is 0 Å². The van der Waals surface area contributed by atoms with Gasteiger partial charge in [0.2, 0.25) is 0 Å². The van der Waals surface area contributed by atoms with Crippen molar-refractivity contribution in [3.05, 3.63) is 16.1 Å². The Hall–Kier alpha value is -0.940. The lowest BCUT2D eigenvalue weighted by Gasteiger charge is -2.13. The first kappa shape index (κ1) is 13.5. The van der Waals surface area contributed by atoms with Crippen LogP contribution >= 0.6 is 11.3 Å². The van der Waals surface area contributed by atoms with E-state index < -0.39 is 0 Å². The molecule has 4 nitrogen and oxygen atoms in total. The monoisotopic (exact) mass is 268 g/mol. The molecule has 1 saturated heterocycles. The van der Waals surface area contributed by atoms with Gasteiger partial charge in [-0.2, -0.15) is 0 Å². The molecule has 2 rings (SSSR count). The van der Waals surface area contributed by atoms with E-state index in [-0.39, 0.29) is 11.9 Å². The Morgan fingerprint density at radius 2 is 2.39 bits per heavy atom. The number of aromatic nitrogens is 1. The molecule has 5 heteroatoms. The van der Waals surface area contributed by atoms with Gasteiger partial charge in [-0.1, -0.05) is 13.8 Å². The third-order valence-corrected chi connectivity index (χ3v) is 4.52. The number of ether oxygens (including phenoxy) is 1. The molecule has 0 aromatic carbocycles. The Morgan fingerprint density at radius 3 is 3.00 bits per heavy atom. The van der Waals surface area contributed by atoms with Crippen molar-refractivity contribution in [2.45, 2.75) is 26.8 Å². The average molecular weight is 268 g/mol. The topological polar surface area (TPSA) is 42.4 Å². The Labute approximate surface area is 112 Å². The van der Waals surface area contributed by atoms with Crippen molar-refractivity contribution in [1.82, 2.24) is 9.88 Å². The third-order valence-electron chi connectivity index (χ3n) is 3.48. The summed E-state index contributed by atoms with van der Waals surface area (Å²) in [5.74, 6) is 0.290. The first-order valence-corrected chi connectivity index (χ1v) is 7.25. The number of nitrogens with zero attached hydrogens (tertiary/aromatic N) is 2. The van der Waals surface area contributed by atoms with Crippen molar-refractivity contribution in [2.75, 3.05) is 20.2 Å². The van der Waals surface area contributed by atoms with Crippen molar-refractivity contribution >= 4 is 17.3 Å². The van der Waals surface area contributed by atoms with Crippen LogP contribution in [0.15, 0.2) is 5.38 Å². The van der Waals surface area contributed by atoms with Crippen LogP contribution in [0.2, 0.25) is 0 Å². The number of rotatable bonds is 4. The molecule has 100 valence electrons. The number of methoxy groups -OCH3 is 1. The lowest BCUT2D eigenvalue weighted by Crippen LogP contribution is -2.24. The molecule has 0 spiro atoms. The van der Waals surface area contributed by atoms with Crippen LogP contribution < -0.4 is 0 Å². The Bertz CT molecular complexity index is 419. The smallest absolute Gasteiger partial charge is 0.310 e. The molecule has 1 aliphatic heterocycles. The molecule has 0 bridgehead atoms. The number of carbonyl (C=O) groups is 1. The molecule has 2 heterocycles. The van der Waals surface area contributed by atoms with Gasteiger partial charge in [-0.25, -0.2) is 4.98 Å². The van der Waals surface area contributed by atoms with Gasteiger partial charge in [0.1, 0.15) is 0 Å². The van der Waals surface area contributed by atoms with Crippen LogP contribution in [-0.4, -0.2) is 36.1 Å². The van der Waals surface area contributed by atoms with Crippen molar-refractivity contribution in [3.8, 4) is 0 Å². The molecule has 18 heavy (non-hydrogen) atoms. The summed E-state index contributed by atoms with van der Waals surface area (Å²) in [6, 6.07) is 0. The van der Waals surface area contributed by atoms with E-state index in [2.05, 4.69) is 29.1 Å². The highest BCUT2D eigenvalue weighted by Crippen LogP contribution is 2.25. The molecule has 2 atom stereocenters. The highest BCUT2D eigenvalue weighted by molar-refractivity contribution is 7.09. The molecule has 0 N–H and O–H groups in total. The minimum atomic E-state index is -0.0856. The normalized spacial score (nSPS) is 24.4. The standard InChI is InChI=1S/C13H20N2O2S/c1-4-12-14-10(8-18-12)6-15-5-9(2)11(7-15)13(16)17-3/h8-9,11H,4-7H2,1-3H3. The zero-order chi connectivity index (χ0) is 13.1. The molecule has 2 unspecified atom stereocenters. The van der Waals surface area contributed by atoms with Gasteiger partial charge in [-0.05, 0) is 12.3 Å². The molecule has 0 saturated carbocycles. The highest BCUT2D eigenvalue weighted by Gasteiger charge is 2.35. The second kappa shape index (κ2) is 5.80. The maximum atomic E-state index is 11.6. The minimum absolute atomic E-state index is 0.0132. The number of hydrogen-bond acceptors (Lipinski definition) is 5. The fourth-order valence-corrected chi connectivity index (χ4v) is 3.20. The van der Waals surface area contributed by atoms with Crippen molar-refractivity contribution < 1.29 is 9.53 Å². The molecule has 1 aliphatic rings. The molecule has 1 fully saturated rings. The second-order valence-corrected chi connectivity index (χ2v) is 5.83. The Kier molecular flexibility index (Phi) is 4.35. The zero-order valence-corrected chi connectivity index (χ0v) is 12.0. The average Bonchev–Trinajstić information content (AvgIpc) is 2.95. The number of likely N-dealkylation sites (tertiary alicyclic amines) is 1. The van der Waals surface area contributed by atoms with Gasteiger partial charge in [0.05, 0.1) is 23.7 Å². The summed E-state index contributed by atoms with van der Waals surface area (Å²) >= 11 is 1.72. The SMILES string of the molecule is CCc1nc(CN2CC(C)C(C(=O)OC)C2)cs1. The first-order valence-electron chi connectivity index (χ1n) is 6.37. The molecular weight excluding hydrogens is 248 g/mol. The van der Waals surface area contributed by atoms with Crippen LogP contribution in [0.5, 0.6) is 0 Å². The maximum absolute atomic E-state index is 11.6. The van der Waals surface area contributed by atoms with E-state index in [1.807, 2.05) is 0 Å². The summed E-state index contributed by atoms with van der Waals surface area (Å²) in [7, 11) is 1.46. The molecule has 0 amide bonds. The van der Waals surface area contributed by atoms with Crippen LogP contribution in [0, 0.1) is 11.8 Å². The van der Waals surface area contributed by atoms with Crippen molar-refractivity contribution in [1.29, 1.82) is 0 Å². The van der Waals surface area contributed by atoms with Gasteiger partial charge >= 0.3 is 5.97 Å². The van der Waals surface area contributed by atoms with E-state index in [9.17, 15) is 4.79 Å². The van der Waals surface area contributed by atoms with Crippen LogP contribution in [0.3, 0.4) is 0 Å². The summed E-state index contributed by atoms with van der Waals surface area (Å²) in [6.45, 7) is 6.80. The third kappa shape index (κ3) is 2.90. The number of hydrogen-bond donors (Lipinski definition) is 0. The molecule has 1 aromatic rings. The van der Waals surface area contributed by atoms with E-state index in [1.54, 1.807) is 11.3 Å². The molecule has 0 aliphatic carbocycles. The number of aryl methyl sites for hydroxylation is 1. The van der Waals surface area contributed by atoms with Crippen LogP contribution in [0.4, 0.5) is 0 Å². The minimum Gasteiger partial charge on any atom is -0.469 e. The molecular formula is C13H20N2O2S. The fraction of sp³-hybridized carbons (Fsp3) is 0.692. The summed E-state index contributed by atoms with van der Waals surface area (Å²) < 4.78 is 4.85. The van der Waals surface area contributed by atoms with Gasteiger partial charge in [0, 0.05) is 25.0 Å². The largest absolute Gasteiger partial charge is 0.469 e. The summed E-state index contributed by atoms with van der Waals surface area (Å²) in [5.41, 5.74) is 1.12. The lowest BCUT2D eigenvalue weighted by molar-refractivity contribution is -0.146. The predicted octanol–water partition coefficient (Wildman–Crippen LogP) is 1.95. The highest BCUT2D eigenvalue weighted by atomic mass is 32.1. The molecule has 0 radical (unpaired) electrons. The van der Waals surface area contributed by atoms with E-state index in [0.717, 1.165) is 31.7 Å². The van der Waals surface area contributed by atoms with Crippen LogP contribution in [-0.2, 0) is 22.5 Å². The molecule has 1 aromatic heterocycles. The van der Waals surface area contributed by atoms with Gasteiger partial charge < -0.3 is 4.74 Å². The fourth-order valence-electron chi connectivity index (χ4n) is 2.47.